The Morgan fingerprint density at radius 2 is 1.57 bits per heavy atom. The summed E-state index contributed by atoms with van der Waals surface area (Å²) in [7, 11) is 0. The normalized spacial score (nSPS) is 13.8. The van der Waals surface area contributed by atoms with Gasteiger partial charge in [0.05, 0.1) is 27.1 Å². The molecule has 2 amide bonds. The SMILES string of the molecule is O=C(CSc1nc2ccc(NC(=O)c3ccccc3C(=O)NC3CCCCC3)cc2s1)c1ccccc1. The van der Waals surface area contributed by atoms with E-state index in [1.807, 2.05) is 42.5 Å². The van der Waals surface area contributed by atoms with Crippen LogP contribution in [0.1, 0.15) is 63.2 Å². The van der Waals surface area contributed by atoms with Gasteiger partial charge in [0.2, 0.25) is 0 Å². The minimum absolute atomic E-state index is 0.0593. The van der Waals surface area contributed by atoms with Crippen molar-refractivity contribution < 1.29 is 14.4 Å². The largest absolute Gasteiger partial charge is 0.349 e. The van der Waals surface area contributed by atoms with Crippen molar-refractivity contribution in [2.45, 2.75) is 42.5 Å². The average Bonchev–Trinajstić information content (AvgIpc) is 3.35. The summed E-state index contributed by atoms with van der Waals surface area (Å²) in [4.78, 5) is 43.1. The highest BCUT2D eigenvalue weighted by atomic mass is 32.2. The Balaban J connectivity index is 1.25. The van der Waals surface area contributed by atoms with Gasteiger partial charge in [0.25, 0.3) is 11.8 Å². The van der Waals surface area contributed by atoms with E-state index >= 15 is 0 Å². The summed E-state index contributed by atoms with van der Waals surface area (Å²) in [6.45, 7) is 0. The highest BCUT2D eigenvalue weighted by Gasteiger charge is 2.21. The second-order valence-electron chi connectivity index (χ2n) is 9.05. The van der Waals surface area contributed by atoms with Gasteiger partial charge in [-0.2, -0.15) is 0 Å². The third-order valence-corrected chi connectivity index (χ3v) is 8.57. The van der Waals surface area contributed by atoms with Gasteiger partial charge >= 0.3 is 0 Å². The molecule has 1 aromatic heterocycles. The molecule has 37 heavy (non-hydrogen) atoms. The third-order valence-electron chi connectivity index (χ3n) is 6.41. The Labute approximate surface area is 223 Å². The molecule has 0 saturated heterocycles. The predicted molar refractivity (Wildman–Crippen MR) is 150 cm³/mol. The minimum atomic E-state index is -0.332. The van der Waals surface area contributed by atoms with E-state index in [0.29, 0.717) is 28.1 Å². The molecule has 2 N–H and O–H groups in total. The maximum absolute atomic E-state index is 13.1. The second-order valence-corrected chi connectivity index (χ2v) is 11.3. The average molecular weight is 530 g/mol. The first-order valence-electron chi connectivity index (χ1n) is 12.4. The summed E-state index contributed by atoms with van der Waals surface area (Å²) in [5, 5.41) is 6.03. The fraction of sp³-hybridized carbons (Fsp3) is 0.241. The van der Waals surface area contributed by atoms with Crippen LogP contribution < -0.4 is 10.6 Å². The summed E-state index contributed by atoms with van der Waals surface area (Å²) in [6.07, 6.45) is 5.42. The molecule has 3 aromatic carbocycles. The fourth-order valence-electron chi connectivity index (χ4n) is 4.47. The number of carbonyl (C=O) groups is 3. The number of hydrogen-bond donors (Lipinski definition) is 2. The summed E-state index contributed by atoms with van der Waals surface area (Å²) in [5.74, 6) is -0.166. The number of fused-ring (bicyclic) bond motifs is 1. The lowest BCUT2D eigenvalue weighted by atomic mass is 9.95. The van der Waals surface area contributed by atoms with Crippen molar-refractivity contribution in [1.29, 1.82) is 0 Å². The van der Waals surface area contributed by atoms with Crippen LogP contribution >= 0.6 is 23.1 Å². The van der Waals surface area contributed by atoms with E-state index in [0.717, 1.165) is 40.2 Å². The van der Waals surface area contributed by atoms with Crippen LogP contribution in [0.3, 0.4) is 0 Å². The van der Waals surface area contributed by atoms with Crippen LogP contribution in [0.15, 0.2) is 77.1 Å². The lowest BCUT2D eigenvalue weighted by molar-refractivity contribution is 0.0917. The molecule has 0 aliphatic heterocycles. The minimum Gasteiger partial charge on any atom is -0.349 e. The van der Waals surface area contributed by atoms with E-state index in [4.69, 9.17) is 0 Å². The van der Waals surface area contributed by atoms with Gasteiger partial charge < -0.3 is 10.6 Å². The Bertz CT molecular complexity index is 1430. The van der Waals surface area contributed by atoms with Crippen LogP contribution in [0.4, 0.5) is 5.69 Å². The van der Waals surface area contributed by atoms with Crippen molar-refractivity contribution in [2.24, 2.45) is 0 Å². The van der Waals surface area contributed by atoms with Crippen LogP contribution in [0.5, 0.6) is 0 Å². The third kappa shape index (κ3) is 6.26. The first kappa shape index (κ1) is 25.2. The van der Waals surface area contributed by atoms with Gasteiger partial charge in [-0.25, -0.2) is 4.98 Å². The summed E-state index contributed by atoms with van der Waals surface area (Å²) >= 11 is 2.89. The molecule has 5 rings (SSSR count). The number of hydrogen-bond acceptors (Lipinski definition) is 6. The fourth-order valence-corrected chi connectivity index (χ4v) is 6.47. The number of ketones is 1. The topological polar surface area (TPSA) is 88.2 Å². The highest BCUT2D eigenvalue weighted by molar-refractivity contribution is 8.01. The van der Waals surface area contributed by atoms with Crippen LogP contribution in [0.2, 0.25) is 0 Å². The molecule has 1 aliphatic rings. The van der Waals surface area contributed by atoms with Crippen molar-refractivity contribution in [2.75, 3.05) is 11.1 Å². The van der Waals surface area contributed by atoms with E-state index in [-0.39, 0.29) is 23.6 Å². The molecule has 0 radical (unpaired) electrons. The number of aromatic nitrogens is 1. The number of anilines is 1. The van der Waals surface area contributed by atoms with E-state index in [1.54, 1.807) is 30.3 Å². The number of thiazole rings is 1. The number of rotatable bonds is 8. The molecule has 0 unspecified atom stereocenters. The molecule has 6 nitrogen and oxygen atoms in total. The van der Waals surface area contributed by atoms with Crippen molar-refractivity contribution in [3.63, 3.8) is 0 Å². The smallest absolute Gasteiger partial charge is 0.256 e. The number of benzene rings is 3. The van der Waals surface area contributed by atoms with Gasteiger partial charge in [-0.05, 0) is 43.2 Å². The number of thioether (sulfide) groups is 1. The van der Waals surface area contributed by atoms with Crippen LogP contribution in [0, 0.1) is 0 Å². The molecule has 188 valence electrons. The Morgan fingerprint density at radius 3 is 2.32 bits per heavy atom. The molecule has 4 aromatic rings. The van der Waals surface area contributed by atoms with Gasteiger partial charge in [0.15, 0.2) is 10.1 Å². The first-order chi connectivity index (χ1) is 18.1. The summed E-state index contributed by atoms with van der Waals surface area (Å²) in [6, 6.07) is 21.8. The molecule has 1 fully saturated rings. The molecular weight excluding hydrogens is 502 g/mol. The van der Waals surface area contributed by atoms with Gasteiger partial charge in [0, 0.05) is 17.3 Å². The van der Waals surface area contributed by atoms with E-state index < -0.39 is 0 Å². The van der Waals surface area contributed by atoms with E-state index in [2.05, 4.69) is 15.6 Å². The first-order valence-corrected chi connectivity index (χ1v) is 14.2. The van der Waals surface area contributed by atoms with Crippen molar-refractivity contribution in [1.82, 2.24) is 10.3 Å². The number of Topliss-reactive ketones (excluding diaryl/α,β-unsaturated/α-hetero) is 1. The highest BCUT2D eigenvalue weighted by Crippen LogP contribution is 2.32. The van der Waals surface area contributed by atoms with Crippen molar-refractivity contribution in [3.05, 3.63) is 89.5 Å². The zero-order valence-corrected chi connectivity index (χ0v) is 21.9. The van der Waals surface area contributed by atoms with Crippen molar-refractivity contribution in [3.8, 4) is 0 Å². The molecule has 1 saturated carbocycles. The zero-order valence-electron chi connectivity index (χ0n) is 20.2. The molecule has 1 aliphatic carbocycles. The maximum atomic E-state index is 13.1. The standard InChI is InChI=1S/C29H27N3O3S2/c33-25(19-9-3-1-4-10-19)18-36-29-32-24-16-15-21(17-26(24)37-29)31-28(35)23-14-8-7-13-22(23)27(34)30-20-11-5-2-6-12-20/h1,3-4,7-10,13-17,20H,2,5-6,11-12,18H2,(H,30,34)(H,31,35). The number of carbonyl (C=O) groups excluding carboxylic acids is 3. The van der Waals surface area contributed by atoms with Crippen LogP contribution in [-0.2, 0) is 0 Å². The van der Waals surface area contributed by atoms with Crippen molar-refractivity contribution >= 4 is 56.6 Å². The summed E-state index contributed by atoms with van der Waals surface area (Å²) < 4.78 is 1.71. The molecule has 0 spiro atoms. The lowest BCUT2D eigenvalue weighted by Crippen LogP contribution is -2.37. The van der Waals surface area contributed by atoms with Crippen LogP contribution in [-0.4, -0.2) is 34.4 Å². The zero-order chi connectivity index (χ0) is 25.6. The number of nitrogens with one attached hydrogen (secondary N) is 2. The lowest BCUT2D eigenvalue weighted by Gasteiger charge is -2.23. The quantitative estimate of drug-likeness (QED) is 0.199. The summed E-state index contributed by atoms with van der Waals surface area (Å²) in [5.41, 5.74) is 2.85. The molecular formula is C29H27N3O3S2. The van der Waals surface area contributed by atoms with Gasteiger partial charge in [-0.1, -0.05) is 73.5 Å². The molecule has 1 heterocycles. The van der Waals surface area contributed by atoms with Gasteiger partial charge in [0.1, 0.15) is 0 Å². The second kappa shape index (κ2) is 11.7. The maximum Gasteiger partial charge on any atom is 0.256 e. The van der Waals surface area contributed by atoms with Crippen LogP contribution in [0.25, 0.3) is 10.2 Å². The van der Waals surface area contributed by atoms with E-state index in [1.165, 1.54) is 29.5 Å². The van der Waals surface area contributed by atoms with E-state index in [9.17, 15) is 14.4 Å². The number of nitrogens with zero attached hydrogens (tertiary/aromatic N) is 1. The predicted octanol–water partition coefficient (Wildman–Crippen LogP) is 6.59. The Morgan fingerprint density at radius 1 is 0.865 bits per heavy atom. The molecule has 0 bridgehead atoms. The Hall–Kier alpha value is -3.49. The van der Waals surface area contributed by atoms with Gasteiger partial charge in [-0.15, -0.1) is 11.3 Å². The number of amides is 2. The monoisotopic (exact) mass is 529 g/mol. The molecule has 0 atom stereocenters. The van der Waals surface area contributed by atoms with Gasteiger partial charge in [-0.3, -0.25) is 14.4 Å². The molecule has 8 heteroatoms. The Kier molecular flexibility index (Phi) is 7.96.